The molecule has 1 aromatic rings. The van der Waals surface area contributed by atoms with Crippen molar-refractivity contribution in [2.75, 3.05) is 18.0 Å². The lowest BCUT2D eigenvalue weighted by Crippen LogP contribution is -2.37. The van der Waals surface area contributed by atoms with Gasteiger partial charge in [0.05, 0.1) is 0 Å². The van der Waals surface area contributed by atoms with Gasteiger partial charge >= 0.3 is 0 Å². The van der Waals surface area contributed by atoms with Crippen LogP contribution >= 0.6 is 0 Å². The normalized spacial score (nSPS) is 17.1. The molecule has 2 rings (SSSR count). The molecule has 2 heterocycles. The number of aromatic nitrogens is 2. The molecule has 10 heavy (non-hydrogen) atoms. The minimum atomic E-state index is 1.12. The molecule has 0 N–H and O–H groups in total. The summed E-state index contributed by atoms with van der Waals surface area (Å²) in [5.74, 6) is 1.12. The van der Waals surface area contributed by atoms with Gasteiger partial charge in [-0.25, -0.2) is 0 Å². The molecule has 54 valence electrons. The molecular weight excluding hydrogens is 126 g/mol. The van der Waals surface area contributed by atoms with Gasteiger partial charge in [0.2, 0.25) is 0 Å². The van der Waals surface area contributed by atoms with Crippen molar-refractivity contribution in [1.29, 1.82) is 0 Å². The Morgan fingerprint density at radius 2 is 2.30 bits per heavy atom. The quantitative estimate of drug-likeness (QED) is 0.566. The van der Waals surface area contributed by atoms with Crippen LogP contribution in [0.2, 0.25) is 0 Å². The van der Waals surface area contributed by atoms with E-state index in [1.54, 1.807) is 0 Å². The van der Waals surface area contributed by atoms with Crippen molar-refractivity contribution in [3.8, 4) is 0 Å². The van der Waals surface area contributed by atoms with Gasteiger partial charge in [-0.3, -0.25) is 4.68 Å². The first-order chi connectivity index (χ1) is 4.86. The second-order valence-electron chi connectivity index (χ2n) is 2.69. The molecule has 0 amide bonds. The van der Waals surface area contributed by atoms with E-state index in [4.69, 9.17) is 0 Å². The third-order valence-electron chi connectivity index (χ3n) is 1.88. The van der Waals surface area contributed by atoms with Gasteiger partial charge in [-0.1, -0.05) is 0 Å². The van der Waals surface area contributed by atoms with Crippen LogP contribution in [0.15, 0.2) is 12.3 Å². The van der Waals surface area contributed by atoms with Crippen molar-refractivity contribution in [1.82, 2.24) is 9.78 Å². The Labute approximate surface area is 60.3 Å². The molecule has 0 aromatic carbocycles. The van der Waals surface area contributed by atoms with Crippen LogP contribution in [0.4, 0.5) is 5.82 Å². The Morgan fingerprint density at radius 3 is 2.70 bits per heavy atom. The molecule has 3 heteroatoms. The van der Waals surface area contributed by atoms with E-state index in [2.05, 4.69) is 16.1 Å². The summed E-state index contributed by atoms with van der Waals surface area (Å²) >= 11 is 0. The summed E-state index contributed by atoms with van der Waals surface area (Å²) in [6, 6.07) is 2.05. The molecule has 0 atom stereocenters. The SMILES string of the molecule is Cn1ccc(N2CCC2)n1. The number of rotatable bonds is 1. The molecule has 0 radical (unpaired) electrons. The summed E-state index contributed by atoms with van der Waals surface area (Å²) in [4.78, 5) is 2.28. The Kier molecular flexibility index (Phi) is 1.16. The molecule has 0 spiro atoms. The van der Waals surface area contributed by atoms with E-state index in [-0.39, 0.29) is 0 Å². The third kappa shape index (κ3) is 0.781. The minimum absolute atomic E-state index is 1.12. The lowest BCUT2D eigenvalue weighted by Gasteiger charge is -2.30. The first-order valence-electron chi connectivity index (χ1n) is 3.61. The highest BCUT2D eigenvalue weighted by Gasteiger charge is 2.15. The second-order valence-corrected chi connectivity index (χ2v) is 2.69. The maximum Gasteiger partial charge on any atom is 0.150 e. The Hall–Kier alpha value is -0.990. The predicted molar refractivity (Wildman–Crippen MR) is 40.0 cm³/mol. The molecular formula is C7H11N3. The summed E-state index contributed by atoms with van der Waals surface area (Å²) in [6.07, 6.45) is 3.30. The summed E-state index contributed by atoms with van der Waals surface area (Å²) in [5, 5.41) is 4.28. The molecule has 1 aromatic heterocycles. The molecule has 0 unspecified atom stereocenters. The lowest BCUT2D eigenvalue weighted by molar-refractivity contribution is 0.601. The van der Waals surface area contributed by atoms with E-state index < -0.39 is 0 Å². The molecule has 0 aliphatic carbocycles. The van der Waals surface area contributed by atoms with Crippen molar-refractivity contribution in [2.45, 2.75) is 6.42 Å². The highest BCUT2D eigenvalue weighted by molar-refractivity contribution is 5.39. The van der Waals surface area contributed by atoms with Crippen LogP contribution in [0.3, 0.4) is 0 Å². The van der Waals surface area contributed by atoms with Crippen LogP contribution in [-0.4, -0.2) is 22.9 Å². The van der Waals surface area contributed by atoms with Crippen LogP contribution < -0.4 is 4.90 Å². The van der Waals surface area contributed by atoms with E-state index in [1.807, 2.05) is 17.9 Å². The van der Waals surface area contributed by atoms with Crippen molar-refractivity contribution >= 4 is 5.82 Å². The second kappa shape index (κ2) is 2.01. The zero-order chi connectivity index (χ0) is 6.97. The lowest BCUT2D eigenvalue weighted by atomic mass is 10.2. The predicted octanol–water partition coefficient (Wildman–Crippen LogP) is 0.630. The number of nitrogens with zero attached hydrogens (tertiary/aromatic N) is 3. The van der Waals surface area contributed by atoms with E-state index in [9.17, 15) is 0 Å². The van der Waals surface area contributed by atoms with Crippen LogP contribution in [0, 0.1) is 0 Å². The average Bonchev–Trinajstić information content (AvgIpc) is 2.10. The Bertz CT molecular complexity index is 225. The maximum absolute atomic E-state index is 4.28. The first-order valence-corrected chi connectivity index (χ1v) is 3.61. The van der Waals surface area contributed by atoms with Gasteiger partial charge in [-0.15, -0.1) is 0 Å². The molecule has 1 aliphatic heterocycles. The summed E-state index contributed by atoms with van der Waals surface area (Å²) < 4.78 is 1.84. The largest absolute Gasteiger partial charge is 0.355 e. The summed E-state index contributed by atoms with van der Waals surface area (Å²) in [7, 11) is 1.95. The molecule has 1 aliphatic rings. The van der Waals surface area contributed by atoms with Gasteiger partial charge in [0.15, 0.2) is 5.82 Å². The van der Waals surface area contributed by atoms with Gasteiger partial charge in [-0.05, 0) is 6.42 Å². The molecule has 0 saturated carbocycles. The van der Waals surface area contributed by atoms with Crippen molar-refractivity contribution in [3.63, 3.8) is 0 Å². The standard InChI is InChI=1S/C7H11N3/c1-9-6-3-7(8-9)10-4-2-5-10/h3,6H,2,4-5H2,1H3. The highest BCUT2D eigenvalue weighted by Crippen LogP contribution is 2.16. The first kappa shape index (κ1) is 5.77. The van der Waals surface area contributed by atoms with Crippen LogP contribution in [0.5, 0.6) is 0 Å². The fraction of sp³-hybridized carbons (Fsp3) is 0.571. The number of anilines is 1. The van der Waals surface area contributed by atoms with Gasteiger partial charge in [0, 0.05) is 32.4 Å². The highest BCUT2D eigenvalue weighted by atomic mass is 15.3. The molecule has 1 fully saturated rings. The van der Waals surface area contributed by atoms with Gasteiger partial charge < -0.3 is 4.90 Å². The zero-order valence-electron chi connectivity index (χ0n) is 6.12. The maximum atomic E-state index is 4.28. The third-order valence-corrected chi connectivity index (χ3v) is 1.88. The van der Waals surface area contributed by atoms with Crippen LogP contribution in [0.25, 0.3) is 0 Å². The topological polar surface area (TPSA) is 21.1 Å². The Morgan fingerprint density at radius 1 is 1.50 bits per heavy atom. The van der Waals surface area contributed by atoms with Crippen molar-refractivity contribution in [2.24, 2.45) is 7.05 Å². The molecule has 1 saturated heterocycles. The molecule has 0 bridgehead atoms. The smallest absolute Gasteiger partial charge is 0.150 e. The van der Waals surface area contributed by atoms with Crippen molar-refractivity contribution in [3.05, 3.63) is 12.3 Å². The van der Waals surface area contributed by atoms with Gasteiger partial charge in [-0.2, -0.15) is 5.10 Å². The van der Waals surface area contributed by atoms with Crippen LogP contribution in [-0.2, 0) is 7.05 Å². The van der Waals surface area contributed by atoms with Gasteiger partial charge in [0.25, 0.3) is 0 Å². The number of aryl methyl sites for hydroxylation is 1. The Balaban J connectivity index is 2.17. The van der Waals surface area contributed by atoms with Crippen LogP contribution in [0.1, 0.15) is 6.42 Å². The fourth-order valence-electron chi connectivity index (χ4n) is 1.12. The minimum Gasteiger partial charge on any atom is -0.355 e. The fourth-order valence-corrected chi connectivity index (χ4v) is 1.12. The summed E-state index contributed by atoms with van der Waals surface area (Å²) in [6.45, 7) is 2.36. The zero-order valence-corrected chi connectivity index (χ0v) is 6.12. The van der Waals surface area contributed by atoms with E-state index in [0.717, 1.165) is 5.82 Å². The van der Waals surface area contributed by atoms with E-state index in [0.29, 0.717) is 0 Å². The van der Waals surface area contributed by atoms with E-state index in [1.165, 1.54) is 19.5 Å². The average molecular weight is 137 g/mol. The van der Waals surface area contributed by atoms with Crippen molar-refractivity contribution < 1.29 is 0 Å². The monoisotopic (exact) mass is 137 g/mol. The number of hydrogen-bond donors (Lipinski definition) is 0. The van der Waals surface area contributed by atoms with E-state index >= 15 is 0 Å². The molecule has 3 nitrogen and oxygen atoms in total. The number of hydrogen-bond acceptors (Lipinski definition) is 2. The van der Waals surface area contributed by atoms with Gasteiger partial charge in [0.1, 0.15) is 0 Å². The summed E-state index contributed by atoms with van der Waals surface area (Å²) in [5.41, 5.74) is 0.